The molecule has 3 atom stereocenters. The van der Waals surface area contributed by atoms with Crippen molar-refractivity contribution in [2.75, 3.05) is 30.3 Å². The van der Waals surface area contributed by atoms with Crippen LogP contribution in [-0.2, 0) is 24.7 Å². The molecule has 242 valence electrons. The summed E-state index contributed by atoms with van der Waals surface area (Å²) in [7, 11) is 1.99. The van der Waals surface area contributed by atoms with Gasteiger partial charge in [-0.15, -0.1) is 0 Å². The number of aryl methyl sites for hydroxylation is 2. The van der Waals surface area contributed by atoms with Gasteiger partial charge in [0, 0.05) is 37.0 Å². The molecule has 0 unspecified atom stereocenters. The van der Waals surface area contributed by atoms with Crippen molar-refractivity contribution in [3.63, 3.8) is 0 Å². The number of nitrogens with zero attached hydrogens (tertiary/aromatic N) is 5. The third kappa shape index (κ3) is 7.86. The van der Waals surface area contributed by atoms with E-state index in [1.807, 2.05) is 17.9 Å². The first kappa shape index (κ1) is 31.5. The highest BCUT2D eigenvalue weighted by atomic mass is 16.4. The molecule has 1 aromatic carbocycles. The van der Waals surface area contributed by atoms with Crippen LogP contribution in [0.15, 0.2) is 42.7 Å². The van der Waals surface area contributed by atoms with Crippen molar-refractivity contribution < 1.29 is 9.90 Å². The first-order valence-electron chi connectivity index (χ1n) is 17.4. The van der Waals surface area contributed by atoms with Crippen molar-refractivity contribution in [1.82, 2.24) is 24.6 Å². The van der Waals surface area contributed by atoms with Crippen molar-refractivity contribution >= 4 is 17.7 Å². The molecule has 9 heteroatoms. The van der Waals surface area contributed by atoms with Crippen molar-refractivity contribution in [1.29, 1.82) is 0 Å². The molecule has 0 radical (unpaired) electrons. The largest absolute Gasteiger partial charge is 0.481 e. The molecule has 6 rings (SSSR count). The van der Waals surface area contributed by atoms with E-state index in [0.29, 0.717) is 17.8 Å². The average molecular weight is 614 g/mol. The fourth-order valence-electron chi connectivity index (χ4n) is 7.89. The van der Waals surface area contributed by atoms with Gasteiger partial charge in [-0.1, -0.05) is 50.1 Å². The quantitative estimate of drug-likeness (QED) is 0.222. The summed E-state index contributed by atoms with van der Waals surface area (Å²) in [6, 6.07) is 11.2. The zero-order chi connectivity index (χ0) is 31.2. The first-order valence-corrected chi connectivity index (χ1v) is 17.4. The van der Waals surface area contributed by atoms with Crippen LogP contribution < -0.4 is 10.6 Å². The Morgan fingerprint density at radius 2 is 1.76 bits per heavy atom. The van der Waals surface area contributed by atoms with E-state index in [4.69, 9.17) is 9.97 Å². The summed E-state index contributed by atoms with van der Waals surface area (Å²) in [5.74, 6) is 1.64. The summed E-state index contributed by atoms with van der Waals surface area (Å²) < 4.78 is 1.89. The van der Waals surface area contributed by atoms with Gasteiger partial charge >= 0.3 is 5.97 Å². The van der Waals surface area contributed by atoms with E-state index in [1.165, 1.54) is 42.4 Å². The van der Waals surface area contributed by atoms with Crippen LogP contribution >= 0.6 is 0 Å². The number of hydrogen-bond acceptors (Lipinski definition) is 7. The highest BCUT2D eigenvalue weighted by Crippen LogP contribution is 2.38. The normalized spacial score (nSPS) is 23.8. The lowest BCUT2D eigenvalue weighted by atomic mass is 9.78. The Labute approximate surface area is 268 Å². The molecule has 9 nitrogen and oxygen atoms in total. The molecule has 3 heterocycles. The van der Waals surface area contributed by atoms with E-state index < -0.39 is 5.97 Å². The minimum Gasteiger partial charge on any atom is -0.481 e. The number of aromatic nitrogens is 4. The lowest BCUT2D eigenvalue weighted by molar-refractivity contribution is -0.143. The summed E-state index contributed by atoms with van der Waals surface area (Å²) in [6.45, 7) is 5.39. The number of likely N-dealkylation sites (tertiary alicyclic amines) is 1. The Morgan fingerprint density at radius 1 is 1.00 bits per heavy atom. The first-order chi connectivity index (χ1) is 22.0. The zero-order valence-electron chi connectivity index (χ0n) is 27.1. The van der Waals surface area contributed by atoms with Gasteiger partial charge in [0.2, 0.25) is 5.95 Å². The van der Waals surface area contributed by atoms with Crippen molar-refractivity contribution in [3.8, 4) is 0 Å². The van der Waals surface area contributed by atoms with Crippen LogP contribution in [0, 0.1) is 11.8 Å². The number of benzene rings is 1. The second-order valence-corrected chi connectivity index (χ2v) is 13.6. The zero-order valence-corrected chi connectivity index (χ0v) is 27.1. The van der Waals surface area contributed by atoms with E-state index in [2.05, 4.69) is 64.1 Å². The Hall–Kier alpha value is -3.46. The summed E-state index contributed by atoms with van der Waals surface area (Å²) in [4.78, 5) is 24.6. The van der Waals surface area contributed by atoms with Crippen LogP contribution in [0.2, 0.25) is 0 Å². The number of rotatable bonds is 11. The van der Waals surface area contributed by atoms with Gasteiger partial charge in [0.05, 0.1) is 23.9 Å². The van der Waals surface area contributed by atoms with Gasteiger partial charge in [-0.2, -0.15) is 10.1 Å². The van der Waals surface area contributed by atoms with Gasteiger partial charge in [0.1, 0.15) is 5.82 Å². The van der Waals surface area contributed by atoms with Crippen LogP contribution in [0.3, 0.4) is 0 Å². The molecule has 3 aromatic rings. The lowest BCUT2D eigenvalue weighted by Crippen LogP contribution is -2.35. The fourth-order valence-corrected chi connectivity index (χ4v) is 7.89. The number of aliphatic carboxylic acids is 1. The van der Waals surface area contributed by atoms with E-state index >= 15 is 0 Å². The summed E-state index contributed by atoms with van der Waals surface area (Å²) in [5.41, 5.74) is 4.94. The number of fused-ring (bicyclic) bond motifs is 1. The predicted molar refractivity (Wildman–Crippen MR) is 179 cm³/mol. The molecule has 1 aliphatic heterocycles. The SMILES string of the molecule is CC[C@@H](Nc1nc2c(c(N[C@@H](CN3CCCCCC3)c3cnn(C)c3)n1)C[C@H](c1ccccc1)CC2)C1CCC(C(=O)O)CC1. The monoisotopic (exact) mass is 613 g/mol. The molecule has 3 aliphatic rings. The molecule has 0 amide bonds. The number of carboxylic acid groups (broad SMARTS) is 1. The van der Waals surface area contributed by atoms with Gasteiger partial charge in [-0.3, -0.25) is 9.48 Å². The molecule has 1 saturated heterocycles. The number of hydrogen-bond donors (Lipinski definition) is 3. The molecule has 0 bridgehead atoms. The fraction of sp³-hybridized carbons (Fsp3) is 0.611. The number of nitrogens with one attached hydrogen (secondary N) is 2. The van der Waals surface area contributed by atoms with E-state index in [-0.39, 0.29) is 18.0 Å². The smallest absolute Gasteiger partial charge is 0.306 e. The van der Waals surface area contributed by atoms with Crippen LogP contribution in [0.1, 0.15) is 105 Å². The van der Waals surface area contributed by atoms with E-state index in [9.17, 15) is 9.90 Å². The minimum absolute atomic E-state index is 0.0639. The lowest BCUT2D eigenvalue weighted by Gasteiger charge is -2.33. The maximum absolute atomic E-state index is 11.6. The summed E-state index contributed by atoms with van der Waals surface area (Å²) >= 11 is 0. The molecule has 2 fully saturated rings. The van der Waals surface area contributed by atoms with Crippen molar-refractivity contribution in [2.45, 2.75) is 102 Å². The second kappa shape index (κ2) is 14.8. The Balaban J connectivity index is 1.30. The molecule has 45 heavy (non-hydrogen) atoms. The van der Waals surface area contributed by atoms with Crippen LogP contribution in [0.25, 0.3) is 0 Å². The van der Waals surface area contributed by atoms with Gasteiger partial charge in [-0.05, 0) is 94.7 Å². The Bertz CT molecular complexity index is 1390. The van der Waals surface area contributed by atoms with Gasteiger partial charge in [0.15, 0.2) is 0 Å². The van der Waals surface area contributed by atoms with Crippen LogP contribution in [0.5, 0.6) is 0 Å². The number of carboxylic acids is 1. The number of carbonyl (C=O) groups is 1. The topological polar surface area (TPSA) is 108 Å². The Morgan fingerprint density at radius 3 is 2.42 bits per heavy atom. The van der Waals surface area contributed by atoms with Gasteiger partial charge in [0.25, 0.3) is 0 Å². The maximum Gasteiger partial charge on any atom is 0.306 e. The predicted octanol–water partition coefficient (Wildman–Crippen LogP) is 6.59. The summed E-state index contributed by atoms with van der Waals surface area (Å²) in [5, 5.41) is 21.8. The maximum atomic E-state index is 11.6. The third-order valence-electron chi connectivity index (χ3n) is 10.6. The van der Waals surface area contributed by atoms with Crippen molar-refractivity contribution in [3.05, 3.63) is 65.1 Å². The molecular formula is C36H51N7O2. The highest BCUT2D eigenvalue weighted by molar-refractivity contribution is 5.70. The van der Waals surface area contributed by atoms with Crippen molar-refractivity contribution in [2.24, 2.45) is 18.9 Å². The van der Waals surface area contributed by atoms with Gasteiger partial charge < -0.3 is 20.6 Å². The molecule has 2 aromatic heterocycles. The molecule has 3 N–H and O–H groups in total. The third-order valence-corrected chi connectivity index (χ3v) is 10.6. The van der Waals surface area contributed by atoms with Crippen LogP contribution in [-0.4, -0.2) is 61.4 Å². The van der Waals surface area contributed by atoms with E-state index in [1.54, 1.807) is 0 Å². The van der Waals surface area contributed by atoms with Crippen LogP contribution in [0.4, 0.5) is 11.8 Å². The highest BCUT2D eigenvalue weighted by Gasteiger charge is 2.32. The Kier molecular flexibility index (Phi) is 10.3. The molecule has 2 aliphatic carbocycles. The molecule has 0 spiro atoms. The minimum atomic E-state index is -0.652. The standard InChI is InChI=1S/C36H51N7O2/c1-3-31(26-13-15-27(16-14-26)35(44)45)39-36-40-32-18-17-28(25-11-7-6-8-12-25)21-30(32)34(41-36)38-33(29-22-37-42(2)23-29)24-43-19-9-4-5-10-20-43/h6-8,11-12,22-23,26-28,31,33H,3-5,9-10,13-21,24H2,1-2H3,(H,44,45)(H2,38,39,40,41)/t26?,27?,28-,31-,33+/m1/s1. The summed E-state index contributed by atoms with van der Waals surface area (Å²) in [6.07, 6.45) is 16.5. The molecule has 1 saturated carbocycles. The second-order valence-electron chi connectivity index (χ2n) is 13.6. The van der Waals surface area contributed by atoms with Gasteiger partial charge in [-0.25, -0.2) is 4.98 Å². The molecular weight excluding hydrogens is 562 g/mol. The van der Waals surface area contributed by atoms with E-state index in [0.717, 1.165) is 82.5 Å². The number of anilines is 2. The average Bonchev–Trinajstić information content (AvgIpc) is 3.34.